The Morgan fingerprint density at radius 2 is 1.89 bits per heavy atom. The molecule has 0 spiro atoms. The second-order valence-electron chi connectivity index (χ2n) is 6.82. The largest absolute Gasteiger partial charge is 0.478 e. The van der Waals surface area contributed by atoms with Gasteiger partial charge in [0.25, 0.3) is 11.8 Å². The quantitative estimate of drug-likeness (QED) is 0.852. The Hall–Kier alpha value is -3.16. The van der Waals surface area contributed by atoms with Crippen molar-refractivity contribution in [3.8, 4) is 0 Å². The van der Waals surface area contributed by atoms with Crippen molar-refractivity contribution in [1.29, 1.82) is 0 Å². The minimum atomic E-state index is -1.10. The van der Waals surface area contributed by atoms with Crippen molar-refractivity contribution < 1.29 is 19.5 Å². The lowest BCUT2D eigenvalue weighted by Crippen LogP contribution is -2.53. The number of carbonyl (C=O) groups excluding carboxylic acids is 2. The number of benzene rings is 1. The number of aromatic nitrogens is 2. The van der Waals surface area contributed by atoms with Crippen LogP contribution in [0.15, 0.2) is 24.3 Å². The van der Waals surface area contributed by atoms with E-state index in [1.807, 2.05) is 13.0 Å². The molecule has 1 fully saturated rings. The Bertz CT molecular complexity index is 918. The molecular formula is C19H22N4O4. The number of amides is 2. The maximum atomic E-state index is 12.9. The van der Waals surface area contributed by atoms with Gasteiger partial charge in [0.15, 0.2) is 0 Å². The Labute approximate surface area is 156 Å². The number of anilines is 1. The van der Waals surface area contributed by atoms with Gasteiger partial charge < -0.3 is 10.4 Å². The molecule has 3 rings (SSSR count). The van der Waals surface area contributed by atoms with Gasteiger partial charge in [-0.1, -0.05) is 0 Å². The van der Waals surface area contributed by atoms with Gasteiger partial charge in [0, 0.05) is 25.2 Å². The first-order valence-electron chi connectivity index (χ1n) is 8.74. The molecule has 27 heavy (non-hydrogen) atoms. The molecule has 2 aromatic rings. The van der Waals surface area contributed by atoms with E-state index in [-0.39, 0.29) is 17.0 Å². The number of rotatable bonds is 4. The second-order valence-corrected chi connectivity index (χ2v) is 6.82. The van der Waals surface area contributed by atoms with E-state index < -0.39 is 17.9 Å². The summed E-state index contributed by atoms with van der Waals surface area (Å²) in [6.45, 7) is 4.15. The van der Waals surface area contributed by atoms with Gasteiger partial charge in [0.2, 0.25) is 0 Å². The van der Waals surface area contributed by atoms with Crippen molar-refractivity contribution in [2.45, 2.75) is 32.7 Å². The van der Waals surface area contributed by atoms with E-state index in [0.29, 0.717) is 24.3 Å². The lowest BCUT2D eigenvalue weighted by molar-refractivity contribution is -0.121. The van der Waals surface area contributed by atoms with Crippen LogP contribution in [0.4, 0.5) is 5.82 Å². The number of carboxylic acids is 1. The third kappa shape index (κ3) is 3.84. The van der Waals surface area contributed by atoms with Crippen molar-refractivity contribution in [2.75, 3.05) is 11.4 Å². The summed E-state index contributed by atoms with van der Waals surface area (Å²) in [6.07, 6.45) is 1.28. The minimum Gasteiger partial charge on any atom is -0.478 e. The SMILES string of the molecule is Cc1cc(C(=O)O)cc(C(=O)NC2CCCN(c3cc(C)nn3C)C2=O)c1. The molecule has 0 aliphatic carbocycles. The molecule has 2 heterocycles. The van der Waals surface area contributed by atoms with E-state index in [1.165, 1.54) is 12.1 Å². The Morgan fingerprint density at radius 1 is 1.19 bits per heavy atom. The average Bonchev–Trinajstić information content (AvgIpc) is 2.94. The maximum Gasteiger partial charge on any atom is 0.335 e. The predicted octanol–water partition coefficient (Wildman–Crippen LogP) is 1.66. The zero-order chi connectivity index (χ0) is 19.7. The summed E-state index contributed by atoms with van der Waals surface area (Å²) < 4.78 is 1.65. The van der Waals surface area contributed by atoms with Crippen LogP contribution in [0.2, 0.25) is 0 Å². The molecule has 0 radical (unpaired) electrons. The molecule has 1 aromatic carbocycles. The average molecular weight is 370 g/mol. The van der Waals surface area contributed by atoms with E-state index in [1.54, 1.807) is 29.6 Å². The number of hydrogen-bond donors (Lipinski definition) is 2. The molecule has 8 nitrogen and oxygen atoms in total. The Morgan fingerprint density at radius 3 is 2.52 bits per heavy atom. The second kappa shape index (κ2) is 7.22. The monoisotopic (exact) mass is 370 g/mol. The van der Waals surface area contributed by atoms with Crippen LogP contribution < -0.4 is 10.2 Å². The molecule has 1 aliphatic rings. The van der Waals surface area contributed by atoms with Crippen molar-refractivity contribution in [3.63, 3.8) is 0 Å². The molecule has 1 aliphatic heterocycles. The number of nitrogens with one attached hydrogen (secondary N) is 1. The molecule has 142 valence electrons. The van der Waals surface area contributed by atoms with E-state index in [9.17, 15) is 14.4 Å². The van der Waals surface area contributed by atoms with Crippen LogP contribution >= 0.6 is 0 Å². The first kappa shape index (κ1) is 18.6. The molecule has 2 amide bonds. The topological polar surface area (TPSA) is 105 Å². The van der Waals surface area contributed by atoms with Gasteiger partial charge in [-0.2, -0.15) is 5.10 Å². The van der Waals surface area contributed by atoms with E-state index in [4.69, 9.17) is 5.11 Å². The maximum absolute atomic E-state index is 12.9. The standard InChI is InChI=1S/C19H22N4O4/c1-11-7-13(10-14(8-11)19(26)27)17(24)20-15-5-4-6-23(18(15)25)16-9-12(2)21-22(16)3/h7-10,15H,4-6H2,1-3H3,(H,20,24)(H,26,27). The number of carbonyl (C=O) groups is 3. The highest BCUT2D eigenvalue weighted by Gasteiger charge is 2.32. The van der Waals surface area contributed by atoms with Crippen molar-refractivity contribution >= 4 is 23.6 Å². The zero-order valence-electron chi connectivity index (χ0n) is 15.5. The fourth-order valence-electron chi connectivity index (χ4n) is 3.37. The van der Waals surface area contributed by atoms with Crippen molar-refractivity contribution in [1.82, 2.24) is 15.1 Å². The van der Waals surface area contributed by atoms with Gasteiger partial charge in [0.1, 0.15) is 11.9 Å². The lowest BCUT2D eigenvalue weighted by atomic mass is 10.0. The summed E-state index contributed by atoms with van der Waals surface area (Å²) in [5.74, 6) is -1.05. The summed E-state index contributed by atoms with van der Waals surface area (Å²) in [4.78, 5) is 38.3. The summed E-state index contributed by atoms with van der Waals surface area (Å²) in [7, 11) is 1.78. The predicted molar refractivity (Wildman–Crippen MR) is 98.9 cm³/mol. The summed E-state index contributed by atoms with van der Waals surface area (Å²) in [5.41, 5.74) is 1.75. The highest BCUT2D eigenvalue weighted by Crippen LogP contribution is 2.22. The van der Waals surface area contributed by atoms with Gasteiger partial charge in [-0.3, -0.25) is 19.2 Å². The number of aromatic carboxylic acids is 1. The van der Waals surface area contributed by atoms with Crippen LogP contribution in [-0.2, 0) is 11.8 Å². The Balaban J connectivity index is 1.79. The number of carboxylic acid groups (broad SMARTS) is 1. The molecule has 1 aromatic heterocycles. The van der Waals surface area contributed by atoms with Gasteiger partial charge in [-0.15, -0.1) is 0 Å². The number of hydrogen-bond acceptors (Lipinski definition) is 4. The third-order valence-corrected chi connectivity index (χ3v) is 4.58. The van der Waals surface area contributed by atoms with Crippen LogP contribution in [0, 0.1) is 13.8 Å². The van der Waals surface area contributed by atoms with E-state index in [2.05, 4.69) is 10.4 Å². The number of nitrogens with zero attached hydrogens (tertiary/aromatic N) is 3. The number of aryl methyl sites for hydroxylation is 3. The van der Waals surface area contributed by atoms with Gasteiger partial charge in [-0.05, 0) is 50.5 Å². The van der Waals surface area contributed by atoms with Crippen LogP contribution in [0.1, 0.15) is 44.8 Å². The third-order valence-electron chi connectivity index (χ3n) is 4.58. The fourth-order valence-corrected chi connectivity index (χ4v) is 3.37. The molecule has 1 unspecified atom stereocenters. The van der Waals surface area contributed by atoms with Crippen molar-refractivity contribution in [2.24, 2.45) is 7.05 Å². The lowest BCUT2D eigenvalue weighted by Gasteiger charge is -2.32. The minimum absolute atomic E-state index is 0.0436. The zero-order valence-corrected chi connectivity index (χ0v) is 15.5. The first-order valence-corrected chi connectivity index (χ1v) is 8.74. The molecule has 2 N–H and O–H groups in total. The summed E-state index contributed by atoms with van der Waals surface area (Å²) in [6, 6.07) is 5.60. The van der Waals surface area contributed by atoms with Crippen LogP contribution in [0.3, 0.4) is 0 Å². The molecule has 8 heteroatoms. The smallest absolute Gasteiger partial charge is 0.335 e. The molecule has 1 saturated heterocycles. The van der Waals surface area contributed by atoms with Gasteiger partial charge >= 0.3 is 5.97 Å². The molecule has 0 saturated carbocycles. The van der Waals surface area contributed by atoms with Crippen LogP contribution in [-0.4, -0.2) is 45.3 Å². The highest BCUT2D eigenvalue weighted by molar-refractivity contribution is 6.03. The van der Waals surface area contributed by atoms with Crippen LogP contribution in [0.25, 0.3) is 0 Å². The normalized spacial score (nSPS) is 17.1. The van der Waals surface area contributed by atoms with Crippen molar-refractivity contribution in [3.05, 3.63) is 46.6 Å². The fraction of sp³-hybridized carbons (Fsp3) is 0.368. The summed E-state index contributed by atoms with van der Waals surface area (Å²) in [5, 5.41) is 16.2. The molecule has 0 bridgehead atoms. The van der Waals surface area contributed by atoms with E-state index in [0.717, 1.165) is 12.1 Å². The first-order chi connectivity index (χ1) is 12.8. The highest BCUT2D eigenvalue weighted by atomic mass is 16.4. The van der Waals surface area contributed by atoms with Crippen LogP contribution in [0.5, 0.6) is 0 Å². The summed E-state index contributed by atoms with van der Waals surface area (Å²) >= 11 is 0. The van der Waals surface area contributed by atoms with Gasteiger partial charge in [0.05, 0.1) is 11.3 Å². The Kier molecular flexibility index (Phi) is 4.98. The molecular weight excluding hydrogens is 348 g/mol. The van der Waals surface area contributed by atoms with E-state index >= 15 is 0 Å². The number of piperidine rings is 1. The molecule has 1 atom stereocenters. The van der Waals surface area contributed by atoms with Gasteiger partial charge in [-0.25, -0.2) is 4.79 Å².